The van der Waals surface area contributed by atoms with Crippen LogP contribution < -0.4 is 10.5 Å². The van der Waals surface area contributed by atoms with Crippen LogP contribution in [0.15, 0.2) is 48.5 Å². The van der Waals surface area contributed by atoms with Gasteiger partial charge in [0.2, 0.25) is 6.10 Å². The zero-order valence-electron chi connectivity index (χ0n) is 9.85. The largest absolute Gasteiger partial charge is 0.476 e. The van der Waals surface area contributed by atoms with Gasteiger partial charge in [0.25, 0.3) is 5.91 Å². The maximum atomic E-state index is 13.0. The van der Waals surface area contributed by atoms with E-state index < -0.39 is 17.8 Å². The van der Waals surface area contributed by atoms with Gasteiger partial charge in [-0.2, -0.15) is 0 Å². The Morgan fingerprint density at radius 3 is 2.47 bits per heavy atom. The molecule has 0 fully saturated rings. The summed E-state index contributed by atoms with van der Waals surface area (Å²) in [5.41, 5.74) is 5.93. The number of hydrogen-bond donors (Lipinski definition) is 1. The molecule has 0 heterocycles. The number of carbonyl (C=O) groups excluding carboxylic acids is 1. The minimum absolute atomic E-state index is 0.0752. The molecule has 0 spiro atoms. The molecule has 2 aromatic rings. The number of ether oxygens (including phenoxy) is 1. The van der Waals surface area contributed by atoms with Gasteiger partial charge in [0.05, 0.1) is 5.02 Å². The highest BCUT2D eigenvalue weighted by Gasteiger charge is 2.19. The third-order valence-electron chi connectivity index (χ3n) is 2.51. The summed E-state index contributed by atoms with van der Waals surface area (Å²) in [5.74, 6) is -0.907. The van der Waals surface area contributed by atoms with Crippen molar-refractivity contribution >= 4 is 17.5 Å². The lowest BCUT2D eigenvalue weighted by Gasteiger charge is -2.16. The number of rotatable bonds is 4. The van der Waals surface area contributed by atoms with Gasteiger partial charge in [0.15, 0.2) is 0 Å². The summed E-state index contributed by atoms with van der Waals surface area (Å²) in [6.45, 7) is 0. The van der Waals surface area contributed by atoms with Gasteiger partial charge in [0, 0.05) is 11.6 Å². The first-order chi connectivity index (χ1) is 9.08. The molecule has 0 bridgehead atoms. The summed E-state index contributed by atoms with van der Waals surface area (Å²) >= 11 is 5.65. The van der Waals surface area contributed by atoms with E-state index in [1.54, 1.807) is 24.3 Å². The average Bonchev–Trinajstić information content (AvgIpc) is 2.40. The molecule has 98 valence electrons. The Morgan fingerprint density at radius 2 is 1.89 bits per heavy atom. The van der Waals surface area contributed by atoms with Crippen LogP contribution >= 0.6 is 11.6 Å². The Labute approximate surface area is 114 Å². The van der Waals surface area contributed by atoms with E-state index in [1.807, 2.05) is 6.07 Å². The molecule has 0 aliphatic heterocycles. The molecule has 1 amide bonds. The standard InChI is InChI=1S/C14H11ClFNO2/c15-11-8-10(6-7-12(11)16)19-13(14(17)18)9-4-2-1-3-5-9/h1-8,13H,(H2,17,18)/t13-/m1/s1. The molecular formula is C14H11ClFNO2. The predicted molar refractivity (Wildman–Crippen MR) is 70.4 cm³/mol. The zero-order valence-corrected chi connectivity index (χ0v) is 10.6. The Hall–Kier alpha value is -2.07. The van der Waals surface area contributed by atoms with Gasteiger partial charge in [-0.1, -0.05) is 41.9 Å². The molecule has 0 unspecified atom stereocenters. The highest BCUT2D eigenvalue weighted by atomic mass is 35.5. The number of benzene rings is 2. The van der Waals surface area contributed by atoms with Gasteiger partial charge in [-0.25, -0.2) is 4.39 Å². The van der Waals surface area contributed by atoms with Crippen molar-refractivity contribution in [1.29, 1.82) is 0 Å². The van der Waals surface area contributed by atoms with E-state index in [0.717, 1.165) is 0 Å². The molecule has 2 N–H and O–H groups in total. The lowest BCUT2D eigenvalue weighted by Crippen LogP contribution is -2.26. The molecule has 1 atom stereocenters. The molecule has 5 heteroatoms. The van der Waals surface area contributed by atoms with Crippen molar-refractivity contribution in [3.63, 3.8) is 0 Å². The molecule has 2 aromatic carbocycles. The fraction of sp³-hybridized carbons (Fsp3) is 0.0714. The molecule has 19 heavy (non-hydrogen) atoms. The Morgan fingerprint density at radius 1 is 1.21 bits per heavy atom. The minimum atomic E-state index is -0.942. The monoisotopic (exact) mass is 279 g/mol. The van der Waals surface area contributed by atoms with Gasteiger partial charge in [0.1, 0.15) is 11.6 Å². The highest BCUT2D eigenvalue weighted by molar-refractivity contribution is 6.30. The first-order valence-electron chi connectivity index (χ1n) is 5.54. The summed E-state index contributed by atoms with van der Waals surface area (Å²) in [7, 11) is 0. The Kier molecular flexibility index (Phi) is 4.02. The number of amides is 1. The van der Waals surface area contributed by atoms with Crippen LogP contribution in [0.3, 0.4) is 0 Å². The van der Waals surface area contributed by atoms with Crippen LogP contribution in [-0.4, -0.2) is 5.91 Å². The molecule has 2 rings (SSSR count). The Balaban J connectivity index is 2.27. The van der Waals surface area contributed by atoms with Crippen LogP contribution in [0.4, 0.5) is 4.39 Å². The van der Waals surface area contributed by atoms with E-state index in [-0.39, 0.29) is 10.8 Å². The van der Waals surface area contributed by atoms with Crippen LogP contribution in [0.25, 0.3) is 0 Å². The minimum Gasteiger partial charge on any atom is -0.476 e. The van der Waals surface area contributed by atoms with Crippen LogP contribution in [0.5, 0.6) is 5.75 Å². The van der Waals surface area contributed by atoms with Crippen molar-refractivity contribution in [2.45, 2.75) is 6.10 Å². The maximum absolute atomic E-state index is 13.0. The SMILES string of the molecule is NC(=O)[C@H](Oc1ccc(F)c(Cl)c1)c1ccccc1. The van der Waals surface area contributed by atoms with Crippen LogP contribution in [0.2, 0.25) is 5.02 Å². The first kappa shape index (κ1) is 13.4. The second-order valence-corrected chi connectivity index (χ2v) is 4.29. The molecule has 0 aromatic heterocycles. The molecular weight excluding hydrogens is 269 g/mol. The van der Waals surface area contributed by atoms with Gasteiger partial charge < -0.3 is 10.5 Å². The summed E-state index contributed by atoms with van der Waals surface area (Å²) < 4.78 is 18.5. The second-order valence-electron chi connectivity index (χ2n) is 3.89. The molecule has 3 nitrogen and oxygen atoms in total. The molecule has 0 saturated heterocycles. The van der Waals surface area contributed by atoms with E-state index in [1.165, 1.54) is 18.2 Å². The summed E-state index contributed by atoms with van der Waals surface area (Å²) in [4.78, 5) is 11.4. The first-order valence-corrected chi connectivity index (χ1v) is 5.91. The lowest BCUT2D eigenvalue weighted by molar-refractivity contribution is -0.125. The van der Waals surface area contributed by atoms with Gasteiger partial charge in [-0.3, -0.25) is 4.79 Å². The van der Waals surface area contributed by atoms with Crippen LogP contribution in [0, 0.1) is 5.82 Å². The van der Waals surface area contributed by atoms with Crippen LogP contribution in [-0.2, 0) is 4.79 Å². The summed E-state index contributed by atoms with van der Waals surface area (Å²) in [6.07, 6.45) is -0.942. The maximum Gasteiger partial charge on any atom is 0.263 e. The predicted octanol–water partition coefficient (Wildman–Crippen LogP) is 3.08. The van der Waals surface area contributed by atoms with E-state index in [9.17, 15) is 9.18 Å². The summed E-state index contributed by atoms with van der Waals surface area (Å²) in [6, 6.07) is 12.7. The topological polar surface area (TPSA) is 52.3 Å². The number of hydrogen-bond acceptors (Lipinski definition) is 2. The molecule has 0 radical (unpaired) electrons. The normalized spacial score (nSPS) is 11.9. The van der Waals surface area contributed by atoms with Crippen molar-refractivity contribution in [3.05, 3.63) is 64.9 Å². The van der Waals surface area contributed by atoms with Crippen molar-refractivity contribution in [3.8, 4) is 5.75 Å². The second kappa shape index (κ2) is 5.71. The molecule has 0 aliphatic carbocycles. The average molecular weight is 280 g/mol. The van der Waals surface area contributed by atoms with E-state index >= 15 is 0 Å². The smallest absolute Gasteiger partial charge is 0.263 e. The van der Waals surface area contributed by atoms with Crippen molar-refractivity contribution < 1.29 is 13.9 Å². The van der Waals surface area contributed by atoms with Crippen molar-refractivity contribution in [2.75, 3.05) is 0 Å². The highest BCUT2D eigenvalue weighted by Crippen LogP contribution is 2.26. The third kappa shape index (κ3) is 3.23. The number of nitrogens with two attached hydrogens (primary N) is 1. The zero-order chi connectivity index (χ0) is 13.8. The van der Waals surface area contributed by atoms with E-state index in [4.69, 9.17) is 22.1 Å². The number of carbonyl (C=O) groups is 1. The van der Waals surface area contributed by atoms with E-state index in [2.05, 4.69) is 0 Å². The number of halogens is 2. The van der Waals surface area contributed by atoms with Crippen LogP contribution in [0.1, 0.15) is 11.7 Å². The third-order valence-corrected chi connectivity index (χ3v) is 2.80. The fourth-order valence-electron chi connectivity index (χ4n) is 1.60. The lowest BCUT2D eigenvalue weighted by atomic mass is 10.1. The van der Waals surface area contributed by atoms with E-state index in [0.29, 0.717) is 5.56 Å². The van der Waals surface area contributed by atoms with Gasteiger partial charge in [-0.15, -0.1) is 0 Å². The van der Waals surface area contributed by atoms with Gasteiger partial charge in [-0.05, 0) is 12.1 Å². The van der Waals surface area contributed by atoms with Gasteiger partial charge >= 0.3 is 0 Å². The number of primary amides is 1. The fourth-order valence-corrected chi connectivity index (χ4v) is 1.77. The molecule has 0 saturated carbocycles. The Bertz CT molecular complexity index is 589. The quantitative estimate of drug-likeness (QED) is 0.935. The van der Waals surface area contributed by atoms with Crippen molar-refractivity contribution in [1.82, 2.24) is 0 Å². The summed E-state index contributed by atoms with van der Waals surface area (Å²) in [5, 5.41) is -0.0752. The van der Waals surface area contributed by atoms with Crippen molar-refractivity contribution in [2.24, 2.45) is 5.73 Å². The molecule has 0 aliphatic rings.